The molecule has 19 heavy (non-hydrogen) atoms. The summed E-state index contributed by atoms with van der Waals surface area (Å²) in [5.74, 6) is 0.853. The van der Waals surface area contributed by atoms with Crippen LogP contribution < -0.4 is 10.6 Å². The van der Waals surface area contributed by atoms with Gasteiger partial charge in [0.2, 0.25) is 0 Å². The standard InChI is InChI=1S/C15H18N4/c1-11-4-2-3-5-13(11)14-6-7-15(19-18-14)17-12-8-9-16-10-12/h2-7,12,16H,8-10H2,1H3,(H,17,19). The number of benzene rings is 1. The third-order valence-corrected chi connectivity index (χ3v) is 3.50. The van der Waals surface area contributed by atoms with Gasteiger partial charge in [0.1, 0.15) is 5.82 Å². The van der Waals surface area contributed by atoms with Crippen LogP contribution in [0, 0.1) is 6.92 Å². The summed E-state index contributed by atoms with van der Waals surface area (Å²) in [6.45, 7) is 4.17. The number of nitrogens with zero attached hydrogens (tertiary/aromatic N) is 2. The van der Waals surface area contributed by atoms with Gasteiger partial charge in [-0.05, 0) is 37.6 Å². The number of rotatable bonds is 3. The van der Waals surface area contributed by atoms with E-state index >= 15 is 0 Å². The second kappa shape index (κ2) is 5.36. The molecule has 1 saturated heterocycles. The second-order valence-electron chi connectivity index (χ2n) is 4.95. The van der Waals surface area contributed by atoms with Crippen molar-refractivity contribution in [3.05, 3.63) is 42.0 Å². The monoisotopic (exact) mass is 254 g/mol. The van der Waals surface area contributed by atoms with Crippen molar-refractivity contribution in [2.45, 2.75) is 19.4 Å². The molecule has 1 aromatic carbocycles. The van der Waals surface area contributed by atoms with Crippen LogP contribution in [0.5, 0.6) is 0 Å². The third kappa shape index (κ3) is 2.74. The Morgan fingerprint density at radius 1 is 1.16 bits per heavy atom. The maximum Gasteiger partial charge on any atom is 0.148 e. The fourth-order valence-electron chi connectivity index (χ4n) is 2.40. The molecule has 0 saturated carbocycles. The topological polar surface area (TPSA) is 49.8 Å². The molecule has 0 radical (unpaired) electrons. The molecule has 0 spiro atoms. The van der Waals surface area contributed by atoms with E-state index in [1.165, 1.54) is 5.56 Å². The summed E-state index contributed by atoms with van der Waals surface area (Å²) in [5, 5.41) is 15.3. The van der Waals surface area contributed by atoms with Crippen molar-refractivity contribution in [2.75, 3.05) is 18.4 Å². The van der Waals surface area contributed by atoms with Gasteiger partial charge in [-0.3, -0.25) is 0 Å². The Labute approximate surface area is 113 Å². The van der Waals surface area contributed by atoms with Gasteiger partial charge in [-0.15, -0.1) is 10.2 Å². The summed E-state index contributed by atoms with van der Waals surface area (Å²) in [6, 6.07) is 12.7. The van der Waals surface area contributed by atoms with Crippen LogP contribution in [0.3, 0.4) is 0 Å². The smallest absolute Gasteiger partial charge is 0.148 e. The number of hydrogen-bond donors (Lipinski definition) is 2. The van der Waals surface area contributed by atoms with Crippen molar-refractivity contribution < 1.29 is 0 Å². The minimum atomic E-state index is 0.471. The number of aryl methyl sites for hydroxylation is 1. The molecule has 1 fully saturated rings. The quantitative estimate of drug-likeness (QED) is 0.882. The molecular weight excluding hydrogens is 236 g/mol. The fraction of sp³-hybridized carbons (Fsp3) is 0.333. The largest absolute Gasteiger partial charge is 0.365 e. The Balaban J connectivity index is 1.77. The van der Waals surface area contributed by atoms with E-state index in [1.54, 1.807) is 0 Å². The maximum atomic E-state index is 4.32. The number of hydrogen-bond acceptors (Lipinski definition) is 4. The van der Waals surface area contributed by atoms with Crippen molar-refractivity contribution in [3.63, 3.8) is 0 Å². The molecule has 2 aromatic rings. The number of anilines is 1. The van der Waals surface area contributed by atoms with E-state index in [2.05, 4.69) is 39.9 Å². The molecule has 0 bridgehead atoms. The molecule has 2 heterocycles. The summed E-state index contributed by atoms with van der Waals surface area (Å²) in [5.41, 5.74) is 3.29. The van der Waals surface area contributed by atoms with E-state index in [9.17, 15) is 0 Å². The third-order valence-electron chi connectivity index (χ3n) is 3.50. The highest BCUT2D eigenvalue weighted by Crippen LogP contribution is 2.21. The molecule has 1 aliphatic heterocycles. The normalized spacial score (nSPS) is 18.5. The van der Waals surface area contributed by atoms with Crippen molar-refractivity contribution in [1.82, 2.24) is 15.5 Å². The highest BCUT2D eigenvalue weighted by molar-refractivity contribution is 5.63. The molecule has 98 valence electrons. The zero-order valence-corrected chi connectivity index (χ0v) is 11.1. The number of aromatic nitrogens is 2. The lowest BCUT2D eigenvalue weighted by Crippen LogP contribution is -2.22. The number of nitrogens with one attached hydrogen (secondary N) is 2. The van der Waals surface area contributed by atoms with Crippen LogP contribution in [0.15, 0.2) is 36.4 Å². The molecule has 0 amide bonds. The molecule has 4 heteroatoms. The van der Waals surface area contributed by atoms with E-state index in [0.717, 1.165) is 36.6 Å². The van der Waals surface area contributed by atoms with Crippen molar-refractivity contribution in [2.24, 2.45) is 0 Å². The molecular formula is C15H18N4. The van der Waals surface area contributed by atoms with Gasteiger partial charge in [-0.2, -0.15) is 0 Å². The lowest BCUT2D eigenvalue weighted by Gasteiger charge is -2.11. The first-order valence-corrected chi connectivity index (χ1v) is 6.70. The average Bonchev–Trinajstić information content (AvgIpc) is 2.93. The first kappa shape index (κ1) is 12.1. The van der Waals surface area contributed by atoms with Gasteiger partial charge in [0.25, 0.3) is 0 Å². The molecule has 2 N–H and O–H groups in total. The Bertz CT molecular complexity index is 544. The van der Waals surface area contributed by atoms with Gasteiger partial charge in [0.05, 0.1) is 5.69 Å². The van der Waals surface area contributed by atoms with Crippen LogP contribution in [0.4, 0.5) is 5.82 Å². The Hall–Kier alpha value is -1.94. The second-order valence-corrected chi connectivity index (χ2v) is 4.95. The van der Waals surface area contributed by atoms with E-state index in [0.29, 0.717) is 6.04 Å². The lowest BCUT2D eigenvalue weighted by atomic mass is 10.1. The van der Waals surface area contributed by atoms with Crippen LogP contribution in [0.1, 0.15) is 12.0 Å². The predicted molar refractivity (Wildman–Crippen MR) is 77.1 cm³/mol. The summed E-state index contributed by atoms with van der Waals surface area (Å²) in [4.78, 5) is 0. The Morgan fingerprint density at radius 2 is 2.05 bits per heavy atom. The van der Waals surface area contributed by atoms with Crippen molar-refractivity contribution in [1.29, 1.82) is 0 Å². The highest BCUT2D eigenvalue weighted by atomic mass is 15.2. The minimum Gasteiger partial charge on any atom is -0.365 e. The molecule has 0 aliphatic carbocycles. The van der Waals surface area contributed by atoms with Crippen LogP contribution in [0.25, 0.3) is 11.3 Å². The summed E-state index contributed by atoms with van der Waals surface area (Å²) in [6.07, 6.45) is 1.14. The first-order chi connectivity index (χ1) is 9.33. The maximum absolute atomic E-state index is 4.32. The van der Waals surface area contributed by atoms with E-state index in [1.807, 2.05) is 24.3 Å². The summed E-state index contributed by atoms with van der Waals surface area (Å²) in [7, 11) is 0. The fourth-order valence-corrected chi connectivity index (χ4v) is 2.40. The van der Waals surface area contributed by atoms with Gasteiger partial charge in [0, 0.05) is 18.2 Å². The molecule has 3 rings (SSSR count). The Morgan fingerprint density at radius 3 is 2.74 bits per heavy atom. The SMILES string of the molecule is Cc1ccccc1-c1ccc(NC2CCNC2)nn1. The van der Waals surface area contributed by atoms with Gasteiger partial charge in [0.15, 0.2) is 0 Å². The van der Waals surface area contributed by atoms with Gasteiger partial charge >= 0.3 is 0 Å². The van der Waals surface area contributed by atoms with Crippen LogP contribution in [-0.2, 0) is 0 Å². The molecule has 1 aromatic heterocycles. The van der Waals surface area contributed by atoms with Crippen LogP contribution in [-0.4, -0.2) is 29.3 Å². The molecule has 1 atom stereocenters. The molecule has 4 nitrogen and oxygen atoms in total. The van der Waals surface area contributed by atoms with Gasteiger partial charge < -0.3 is 10.6 Å². The van der Waals surface area contributed by atoms with Crippen molar-refractivity contribution in [3.8, 4) is 11.3 Å². The lowest BCUT2D eigenvalue weighted by molar-refractivity contribution is 0.783. The van der Waals surface area contributed by atoms with E-state index in [-0.39, 0.29) is 0 Å². The summed E-state index contributed by atoms with van der Waals surface area (Å²) < 4.78 is 0. The van der Waals surface area contributed by atoms with Gasteiger partial charge in [-0.25, -0.2) is 0 Å². The van der Waals surface area contributed by atoms with E-state index < -0.39 is 0 Å². The molecule has 1 aliphatic rings. The zero-order valence-electron chi connectivity index (χ0n) is 11.1. The van der Waals surface area contributed by atoms with Crippen LogP contribution in [0.2, 0.25) is 0 Å². The predicted octanol–water partition coefficient (Wildman–Crippen LogP) is 2.23. The Kier molecular flexibility index (Phi) is 3.42. The van der Waals surface area contributed by atoms with Gasteiger partial charge in [-0.1, -0.05) is 24.3 Å². The highest BCUT2D eigenvalue weighted by Gasteiger charge is 2.14. The molecule has 1 unspecified atom stereocenters. The van der Waals surface area contributed by atoms with Crippen LogP contribution >= 0.6 is 0 Å². The minimum absolute atomic E-state index is 0.471. The summed E-state index contributed by atoms with van der Waals surface area (Å²) >= 11 is 0. The van der Waals surface area contributed by atoms with E-state index in [4.69, 9.17) is 0 Å². The van der Waals surface area contributed by atoms with Crippen molar-refractivity contribution >= 4 is 5.82 Å². The first-order valence-electron chi connectivity index (χ1n) is 6.70. The zero-order chi connectivity index (χ0) is 13.1. The average molecular weight is 254 g/mol.